The molecule has 0 fully saturated rings. The molecule has 1 aliphatic rings. The molecular weight excluding hydrogens is 440 g/mol. The van der Waals surface area contributed by atoms with Crippen molar-refractivity contribution in [1.82, 2.24) is 10.1 Å². The van der Waals surface area contributed by atoms with Crippen LogP contribution in [-0.4, -0.2) is 21.7 Å². The Morgan fingerprint density at radius 1 is 1.25 bits per heavy atom. The number of hydrogen-bond acceptors (Lipinski definition) is 5. The topological polar surface area (TPSA) is 73.0 Å². The predicted molar refractivity (Wildman–Crippen MR) is 109 cm³/mol. The molecule has 1 atom stereocenters. The Morgan fingerprint density at radius 2 is 1.96 bits per heavy atom. The summed E-state index contributed by atoms with van der Waals surface area (Å²) < 4.78 is 2.47. The number of halogens is 1. The number of thioether (sulfide) groups is 1. The summed E-state index contributed by atoms with van der Waals surface area (Å²) in [4.78, 5) is 18.6. The first kappa shape index (κ1) is 18.9. The first-order valence-corrected chi connectivity index (χ1v) is 10.6. The zero-order valence-corrected chi connectivity index (χ0v) is 17.7. The van der Waals surface area contributed by atoms with Crippen molar-refractivity contribution in [2.45, 2.75) is 25.2 Å². The third-order valence-corrected chi connectivity index (χ3v) is 5.96. The molecule has 142 valence electrons. The van der Waals surface area contributed by atoms with Gasteiger partial charge in [0.05, 0.1) is 22.7 Å². The Morgan fingerprint density at radius 3 is 2.68 bits per heavy atom. The van der Waals surface area contributed by atoms with Crippen molar-refractivity contribution in [3.05, 3.63) is 58.6 Å². The molecule has 8 heteroatoms. The Hall–Kier alpha value is -2.45. The average molecular weight is 457 g/mol. The third-order valence-electron chi connectivity index (χ3n) is 4.51. The van der Waals surface area contributed by atoms with E-state index >= 15 is 0 Å². The van der Waals surface area contributed by atoms with Gasteiger partial charge in [0.25, 0.3) is 17.0 Å². The van der Waals surface area contributed by atoms with Gasteiger partial charge in [-0.15, -0.1) is 0 Å². The molecule has 0 aliphatic carbocycles. The number of carbonyl (C=O) groups excluding carboxylic acids is 1. The summed E-state index contributed by atoms with van der Waals surface area (Å²) in [5.41, 5.74) is 2.55. The molecule has 0 radical (unpaired) electrons. The summed E-state index contributed by atoms with van der Waals surface area (Å²) in [5.74, 6) is 0.256. The highest BCUT2D eigenvalue weighted by atomic mass is 79.9. The molecule has 1 unspecified atom stereocenters. The van der Waals surface area contributed by atoms with Gasteiger partial charge in [0, 0.05) is 16.5 Å². The smallest absolute Gasteiger partial charge is 0.294 e. The monoisotopic (exact) mass is 456 g/mol. The Kier molecular flexibility index (Phi) is 5.07. The fourth-order valence-electron chi connectivity index (χ4n) is 3.43. The van der Waals surface area contributed by atoms with E-state index in [9.17, 15) is 9.90 Å². The molecule has 3 aromatic rings. The minimum absolute atomic E-state index is 0.137. The van der Waals surface area contributed by atoms with Crippen LogP contribution in [0.15, 0.2) is 58.2 Å². The second-order valence-corrected chi connectivity index (χ2v) is 8.31. The number of nitrogens with zero attached hydrogens (tertiary/aromatic N) is 4. The first-order chi connectivity index (χ1) is 13.5. The van der Waals surface area contributed by atoms with E-state index < -0.39 is 6.17 Å². The van der Waals surface area contributed by atoms with E-state index in [1.807, 2.05) is 55.5 Å². The maximum absolute atomic E-state index is 13.0. The van der Waals surface area contributed by atoms with Crippen molar-refractivity contribution in [3.8, 4) is 17.1 Å². The Balaban J connectivity index is 2.08. The third kappa shape index (κ3) is 3.06. The summed E-state index contributed by atoms with van der Waals surface area (Å²) >= 11 is 4.99. The van der Waals surface area contributed by atoms with Crippen LogP contribution in [0.5, 0.6) is 5.88 Å². The highest BCUT2D eigenvalue weighted by Gasteiger charge is 2.44. The van der Waals surface area contributed by atoms with E-state index in [2.05, 4.69) is 26.0 Å². The molecule has 1 aromatic heterocycles. The van der Waals surface area contributed by atoms with Crippen LogP contribution in [0.25, 0.3) is 11.3 Å². The van der Waals surface area contributed by atoms with Gasteiger partial charge in [-0.05, 0) is 30.0 Å². The number of benzene rings is 2. The van der Waals surface area contributed by atoms with Crippen molar-refractivity contribution < 1.29 is 14.6 Å². The standard InChI is InChI=1S/C20H17BrN4O2S/c1-3-28-20-22-18(27)17-14-9-5-7-11-16(14)24(12(2)26)19(25(17)23-20)13-8-4-6-10-15(13)21/h4-11,19H,3H2,1-2H3. The summed E-state index contributed by atoms with van der Waals surface area (Å²) in [7, 11) is 0. The summed E-state index contributed by atoms with van der Waals surface area (Å²) in [6.45, 7) is 3.50. The molecule has 1 aliphatic heterocycles. The lowest BCUT2D eigenvalue weighted by Gasteiger charge is -2.33. The van der Waals surface area contributed by atoms with Crippen molar-refractivity contribution in [2.75, 3.05) is 10.7 Å². The molecular formula is C20H17BrN4O2S. The number of fused-ring (bicyclic) bond motifs is 3. The number of hydrogen-bond donors (Lipinski definition) is 0. The summed E-state index contributed by atoms with van der Waals surface area (Å²) in [6, 6.07) is 15.0. The van der Waals surface area contributed by atoms with Crippen LogP contribution >= 0.6 is 27.7 Å². The quantitative estimate of drug-likeness (QED) is 0.446. The SMILES string of the molecule is CCSc1nc([O-])c2[n+](n1)C(c1ccccc1Br)N(C(C)=O)c1ccccc1-2. The lowest BCUT2D eigenvalue weighted by Crippen LogP contribution is -2.58. The van der Waals surface area contributed by atoms with Crippen LogP contribution in [-0.2, 0) is 4.79 Å². The number of para-hydroxylation sites is 1. The van der Waals surface area contributed by atoms with E-state index in [4.69, 9.17) is 0 Å². The molecule has 6 nitrogen and oxygen atoms in total. The fourth-order valence-corrected chi connectivity index (χ4v) is 4.47. The number of amides is 1. The molecule has 0 saturated heterocycles. The molecule has 0 spiro atoms. The fraction of sp³-hybridized carbons (Fsp3) is 0.200. The van der Waals surface area contributed by atoms with Crippen molar-refractivity contribution >= 4 is 39.3 Å². The molecule has 0 bridgehead atoms. The maximum Gasteiger partial charge on any atom is 0.294 e. The summed E-state index contributed by atoms with van der Waals surface area (Å²) in [5, 5.41) is 18.0. The van der Waals surface area contributed by atoms with Gasteiger partial charge in [-0.25, -0.2) is 9.88 Å². The molecule has 0 N–H and O–H groups in total. The van der Waals surface area contributed by atoms with Gasteiger partial charge in [0.2, 0.25) is 5.91 Å². The van der Waals surface area contributed by atoms with Crippen molar-refractivity contribution in [2.24, 2.45) is 0 Å². The van der Waals surface area contributed by atoms with Crippen molar-refractivity contribution in [1.29, 1.82) is 0 Å². The van der Waals surface area contributed by atoms with Crippen LogP contribution in [0.4, 0.5) is 5.69 Å². The van der Waals surface area contributed by atoms with Crippen molar-refractivity contribution in [3.63, 3.8) is 0 Å². The van der Waals surface area contributed by atoms with E-state index in [0.29, 0.717) is 22.1 Å². The summed E-state index contributed by atoms with van der Waals surface area (Å²) in [6.07, 6.45) is -0.593. The van der Waals surface area contributed by atoms with Gasteiger partial charge in [-0.3, -0.25) is 4.79 Å². The minimum Gasteiger partial charge on any atom is -0.854 e. The molecule has 4 rings (SSSR count). The molecule has 28 heavy (non-hydrogen) atoms. The molecule has 0 saturated carbocycles. The molecule has 2 aromatic carbocycles. The van der Waals surface area contributed by atoms with E-state index in [1.54, 1.807) is 9.58 Å². The highest BCUT2D eigenvalue weighted by molar-refractivity contribution is 9.10. The van der Waals surface area contributed by atoms with E-state index in [1.165, 1.54) is 18.7 Å². The van der Waals surface area contributed by atoms with Gasteiger partial charge in [-0.2, -0.15) is 0 Å². The van der Waals surface area contributed by atoms with Gasteiger partial charge in [-0.1, -0.05) is 63.6 Å². The number of rotatable bonds is 3. The minimum atomic E-state index is -0.593. The number of anilines is 1. The van der Waals surface area contributed by atoms with Gasteiger partial charge >= 0.3 is 0 Å². The second-order valence-electron chi connectivity index (χ2n) is 6.23. The van der Waals surface area contributed by atoms with Crippen LogP contribution in [0.1, 0.15) is 25.6 Å². The average Bonchev–Trinajstić information content (AvgIpc) is 2.67. The number of aromatic nitrogens is 3. The second kappa shape index (κ2) is 7.52. The Labute approximate surface area is 175 Å². The first-order valence-electron chi connectivity index (χ1n) is 8.80. The lowest BCUT2D eigenvalue weighted by molar-refractivity contribution is -0.764. The zero-order chi connectivity index (χ0) is 19.8. The largest absolute Gasteiger partial charge is 0.854 e. The maximum atomic E-state index is 13.0. The van der Waals surface area contributed by atoms with Crippen LogP contribution < -0.4 is 14.7 Å². The van der Waals surface area contributed by atoms with E-state index in [-0.39, 0.29) is 11.8 Å². The van der Waals surface area contributed by atoms with E-state index in [0.717, 1.165) is 15.8 Å². The van der Waals surface area contributed by atoms with Gasteiger partial charge in [0.15, 0.2) is 0 Å². The van der Waals surface area contributed by atoms with Crippen LogP contribution in [0.2, 0.25) is 0 Å². The van der Waals surface area contributed by atoms with Gasteiger partial charge in [0.1, 0.15) is 0 Å². The molecule has 2 heterocycles. The van der Waals surface area contributed by atoms with Crippen LogP contribution in [0, 0.1) is 0 Å². The lowest BCUT2D eigenvalue weighted by atomic mass is 10.0. The number of carbonyl (C=O) groups is 1. The highest BCUT2D eigenvalue weighted by Crippen LogP contribution is 2.41. The van der Waals surface area contributed by atoms with Gasteiger partial charge < -0.3 is 5.11 Å². The Bertz CT molecular complexity index is 1080. The zero-order valence-electron chi connectivity index (χ0n) is 15.3. The predicted octanol–water partition coefficient (Wildman–Crippen LogP) is 3.29. The molecule has 1 amide bonds. The normalized spacial score (nSPS) is 15.1. The van der Waals surface area contributed by atoms with Crippen LogP contribution in [0.3, 0.4) is 0 Å².